The molecular formula is C14H20ClN2O3+. The molecule has 20 heavy (non-hydrogen) atoms. The third-order valence-electron chi connectivity index (χ3n) is 2.77. The Morgan fingerprint density at radius 1 is 1.35 bits per heavy atom. The van der Waals surface area contributed by atoms with Crippen molar-refractivity contribution in [2.75, 3.05) is 19.7 Å². The Labute approximate surface area is 123 Å². The maximum atomic E-state index is 11.7. The molecule has 0 spiro atoms. The predicted octanol–water partition coefficient (Wildman–Crippen LogP) is 1.02. The second kappa shape index (κ2) is 8.55. The molecule has 1 rings (SSSR count). The van der Waals surface area contributed by atoms with E-state index < -0.39 is 6.09 Å². The lowest BCUT2D eigenvalue weighted by molar-refractivity contribution is -0.904. The van der Waals surface area contributed by atoms with E-state index in [0.29, 0.717) is 11.6 Å². The summed E-state index contributed by atoms with van der Waals surface area (Å²) in [6.45, 7) is 5.56. The Hall–Kier alpha value is -1.59. The lowest BCUT2D eigenvalue weighted by atomic mass is 10.2. The molecule has 0 aliphatic rings. The normalized spacial score (nSPS) is 11.8. The first-order chi connectivity index (χ1) is 9.55. The van der Waals surface area contributed by atoms with Crippen molar-refractivity contribution in [1.29, 1.82) is 0 Å². The van der Waals surface area contributed by atoms with E-state index in [2.05, 4.69) is 10.1 Å². The van der Waals surface area contributed by atoms with Crippen LogP contribution in [0.5, 0.6) is 0 Å². The van der Waals surface area contributed by atoms with Crippen LogP contribution in [0.2, 0.25) is 5.02 Å². The van der Waals surface area contributed by atoms with E-state index >= 15 is 0 Å². The van der Waals surface area contributed by atoms with Crippen molar-refractivity contribution in [3.63, 3.8) is 0 Å². The molecule has 0 aliphatic carbocycles. The average molecular weight is 300 g/mol. The highest BCUT2D eigenvalue weighted by Gasteiger charge is 2.16. The smallest absolute Gasteiger partial charge is 0.414 e. The van der Waals surface area contributed by atoms with Crippen LogP contribution in [0.4, 0.5) is 4.79 Å². The van der Waals surface area contributed by atoms with E-state index in [0.717, 1.165) is 17.0 Å². The number of nitrogens with one attached hydrogen (secondary N) is 2. The molecule has 0 fully saturated rings. The van der Waals surface area contributed by atoms with Crippen molar-refractivity contribution in [2.24, 2.45) is 0 Å². The van der Waals surface area contributed by atoms with Gasteiger partial charge in [0.2, 0.25) is 0 Å². The van der Waals surface area contributed by atoms with E-state index in [9.17, 15) is 9.59 Å². The number of halogens is 1. The molecule has 1 atom stereocenters. The van der Waals surface area contributed by atoms with Gasteiger partial charge in [0.15, 0.2) is 6.54 Å². The molecule has 0 radical (unpaired) electrons. The number of carbonyl (C=O) groups is 2. The largest absolute Gasteiger partial charge is 0.450 e. The van der Waals surface area contributed by atoms with Crippen LogP contribution in [0, 0.1) is 0 Å². The molecule has 0 saturated heterocycles. The first-order valence-corrected chi connectivity index (χ1v) is 6.97. The summed E-state index contributed by atoms with van der Waals surface area (Å²) in [4.78, 5) is 23.9. The van der Waals surface area contributed by atoms with Gasteiger partial charge in [-0.3, -0.25) is 10.1 Å². The number of ether oxygens (including phenoxy) is 1. The van der Waals surface area contributed by atoms with Gasteiger partial charge in [0.25, 0.3) is 5.91 Å². The summed E-state index contributed by atoms with van der Waals surface area (Å²) in [7, 11) is 0. The number of imide groups is 1. The van der Waals surface area contributed by atoms with Crippen LogP contribution >= 0.6 is 11.6 Å². The maximum absolute atomic E-state index is 11.7. The molecule has 110 valence electrons. The number of benzene rings is 1. The van der Waals surface area contributed by atoms with Crippen LogP contribution in [0.25, 0.3) is 0 Å². The third kappa shape index (κ3) is 6.04. The highest BCUT2D eigenvalue weighted by Crippen LogP contribution is 2.09. The van der Waals surface area contributed by atoms with Crippen molar-refractivity contribution < 1.29 is 19.2 Å². The van der Waals surface area contributed by atoms with Gasteiger partial charge in [0.05, 0.1) is 13.2 Å². The number of alkyl carbamates (subject to hydrolysis) is 1. The van der Waals surface area contributed by atoms with Crippen LogP contribution in [0.3, 0.4) is 0 Å². The molecule has 1 aromatic carbocycles. The fraction of sp³-hybridized carbons (Fsp3) is 0.429. The maximum Gasteiger partial charge on any atom is 0.414 e. The zero-order valence-corrected chi connectivity index (χ0v) is 12.5. The number of hydrogen-bond donors (Lipinski definition) is 2. The number of hydrogen-bond acceptors (Lipinski definition) is 3. The minimum atomic E-state index is -0.698. The summed E-state index contributed by atoms with van der Waals surface area (Å²) in [6, 6.07) is 7.53. The molecule has 0 aromatic heterocycles. The van der Waals surface area contributed by atoms with Gasteiger partial charge in [0.1, 0.15) is 6.54 Å². The highest BCUT2D eigenvalue weighted by molar-refractivity contribution is 6.30. The van der Waals surface area contributed by atoms with Gasteiger partial charge in [-0.2, -0.15) is 0 Å². The van der Waals surface area contributed by atoms with Crippen molar-refractivity contribution in [2.45, 2.75) is 20.4 Å². The lowest BCUT2D eigenvalue weighted by Crippen LogP contribution is -3.11. The third-order valence-corrected chi connectivity index (χ3v) is 3.01. The van der Waals surface area contributed by atoms with Gasteiger partial charge in [-0.15, -0.1) is 0 Å². The van der Waals surface area contributed by atoms with Crippen molar-refractivity contribution in [3.05, 3.63) is 34.9 Å². The number of likely N-dealkylation sites (N-methyl/N-ethyl adjacent to an activating group) is 1. The zero-order chi connectivity index (χ0) is 15.0. The van der Waals surface area contributed by atoms with E-state index in [4.69, 9.17) is 11.6 Å². The molecular weight excluding hydrogens is 280 g/mol. The SMILES string of the molecule is CCOC(=O)NC(=O)C[NH+](CC)Cc1cccc(Cl)c1. The topological polar surface area (TPSA) is 59.8 Å². The summed E-state index contributed by atoms with van der Waals surface area (Å²) >= 11 is 5.93. The fourth-order valence-electron chi connectivity index (χ4n) is 1.80. The van der Waals surface area contributed by atoms with E-state index in [1.54, 1.807) is 6.92 Å². The first kappa shape index (κ1) is 16.5. The quantitative estimate of drug-likeness (QED) is 0.824. The van der Waals surface area contributed by atoms with Crippen LogP contribution in [0.1, 0.15) is 19.4 Å². The van der Waals surface area contributed by atoms with E-state index in [1.807, 2.05) is 31.2 Å². The molecule has 5 nitrogen and oxygen atoms in total. The number of quaternary nitrogens is 1. The Balaban J connectivity index is 2.50. The highest BCUT2D eigenvalue weighted by atomic mass is 35.5. The van der Waals surface area contributed by atoms with E-state index in [-0.39, 0.29) is 19.1 Å². The number of amides is 2. The standard InChI is InChI=1S/C14H19ClN2O3/c1-3-17(9-11-6-5-7-12(15)8-11)10-13(18)16-14(19)20-4-2/h5-8H,3-4,9-10H2,1-2H3,(H,16,18,19)/p+1. The molecule has 0 heterocycles. The monoisotopic (exact) mass is 299 g/mol. The summed E-state index contributed by atoms with van der Waals surface area (Å²) in [5.74, 6) is -0.345. The second-order valence-electron chi connectivity index (χ2n) is 4.36. The first-order valence-electron chi connectivity index (χ1n) is 6.59. The summed E-state index contributed by atoms with van der Waals surface area (Å²) in [5.41, 5.74) is 1.05. The molecule has 0 saturated carbocycles. The Kier molecular flexibility index (Phi) is 7.04. The van der Waals surface area contributed by atoms with Crippen molar-refractivity contribution in [1.82, 2.24) is 5.32 Å². The minimum Gasteiger partial charge on any atom is -0.450 e. The predicted molar refractivity (Wildman–Crippen MR) is 76.7 cm³/mol. The minimum absolute atomic E-state index is 0.210. The molecule has 2 amide bonds. The van der Waals surface area contributed by atoms with Crippen LogP contribution in [0.15, 0.2) is 24.3 Å². The van der Waals surface area contributed by atoms with Crippen molar-refractivity contribution >= 4 is 23.6 Å². The lowest BCUT2D eigenvalue weighted by Gasteiger charge is -2.17. The van der Waals surface area contributed by atoms with Gasteiger partial charge in [0, 0.05) is 10.6 Å². The molecule has 1 unspecified atom stereocenters. The van der Waals surface area contributed by atoms with Crippen LogP contribution in [-0.4, -0.2) is 31.7 Å². The zero-order valence-electron chi connectivity index (χ0n) is 11.7. The van der Waals surface area contributed by atoms with Gasteiger partial charge < -0.3 is 9.64 Å². The van der Waals surface area contributed by atoms with Gasteiger partial charge in [-0.25, -0.2) is 4.79 Å². The summed E-state index contributed by atoms with van der Waals surface area (Å²) in [6.07, 6.45) is -0.698. The Morgan fingerprint density at radius 2 is 2.10 bits per heavy atom. The van der Waals surface area contributed by atoms with Gasteiger partial charge >= 0.3 is 6.09 Å². The number of carbonyl (C=O) groups excluding carboxylic acids is 2. The Bertz CT molecular complexity index is 465. The molecule has 2 N–H and O–H groups in total. The molecule has 1 aromatic rings. The average Bonchev–Trinajstić information content (AvgIpc) is 2.38. The van der Waals surface area contributed by atoms with Crippen LogP contribution < -0.4 is 10.2 Å². The van der Waals surface area contributed by atoms with Crippen molar-refractivity contribution in [3.8, 4) is 0 Å². The molecule has 0 bridgehead atoms. The summed E-state index contributed by atoms with van der Waals surface area (Å²) < 4.78 is 4.66. The van der Waals surface area contributed by atoms with Gasteiger partial charge in [-0.05, 0) is 26.0 Å². The second-order valence-corrected chi connectivity index (χ2v) is 4.79. The van der Waals surface area contributed by atoms with Gasteiger partial charge in [-0.1, -0.05) is 23.7 Å². The molecule has 0 aliphatic heterocycles. The number of rotatable bonds is 6. The van der Waals surface area contributed by atoms with Crippen LogP contribution in [-0.2, 0) is 16.1 Å². The van der Waals surface area contributed by atoms with E-state index in [1.165, 1.54) is 0 Å². The molecule has 6 heteroatoms. The Morgan fingerprint density at radius 3 is 2.70 bits per heavy atom. The fourth-order valence-corrected chi connectivity index (χ4v) is 2.01. The summed E-state index contributed by atoms with van der Waals surface area (Å²) in [5, 5.41) is 2.87.